The molecule has 6 nitrogen and oxygen atoms in total. The minimum absolute atomic E-state index is 0.0150. The standard InChI is InChI=1S/C25H17BrClFN2O4S/c26-17-9-10-21(34-14-15-5-1-3-7-19(15)28)16(11-17)12-22-24(32)30(25(33)35-22)13-23(31)29-20-8-4-2-6-18(20)27/h1-12H,13-14H2,(H,29,31)/b22-12+. The molecule has 3 aromatic rings. The Kier molecular flexibility index (Phi) is 7.90. The molecule has 3 aromatic carbocycles. The average Bonchev–Trinajstić information content (AvgIpc) is 3.08. The second kappa shape index (κ2) is 11.1. The van der Waals surface area contributed by atoms with E-state index in [-0.39, 0.29) is 17.3 Å². The lowest BCUT2D eigenvalue weighted by atomic mass is 10.1. The van der Waals surface area contributed by atoms with Crippen LogP contribution in [0.4, 0.5) is 14.9 Å². The van der Waals surface area contributed by atoms with Gasteiger partial charge in [0.15, 0.2) is 0 Å². The zero-order valence-electron chi connectivity index (χ0n) is 18.0. The summed E-state index contributed by atoms with van der Waals surface area (Å²) in [7, 11) is 0. The molecule has 0 radical (unpaired) electrons. The van der Waals surface area contributed by atoms with Crippen LogP contribution in [0.5, 0.6) is 5.75 Å². The Morgan fingerprint density at radius 3 is 2.63 bits per heavy atom. The molecule has 1 heterocycles. The first-order valence-corrected chi connectivity index (χ1v) is 12.3. The molecule has 1 aliphatic rings. The molecule has 0 aromatic heterocycles. The zero-order valence-corrected chi connectivity index (χ0v) is 21.1. The van der Waals surface area contributed by atoms with Crippen molar-refractivity contribution in [2.45, 2.75) is 6.61 Å². The summed E-state index contributed by atoms with van der Waals surface area (Å²) >= 11 is 10.2. The third-order valence-electron chi connectivity index (χ3n) is 4.92. The Labute approximate surface area is 218 Å². The van der Waals surface area contributed by atoms with Crippen LogP contribution in [0.2, 0.25) is 5.02 Å². The van der Waals surface area contributed by atoms with Crippen LogP contribution in [0.3, 0.4) is 0 Å². The van der Waals surface area contributed by atoms with Crippen LogP contribution >= 0.6 is 39.3 Å². The van der Waals surface area contributed by atoms with E-state index in [1.54, 1.807) is 60.7 Å². The first kappa shape index (κ1) is 25.0. The van der Waals surface area contributed by atoms with Gasteiger partial charge in [0.2, 0.25) is 5.91 Å². The van der Waals surface area contributed by atoms with Crippen molar-refractivity contribution in [3.63, 3.8) is 0 Å². The monoisotopic (exact) mass is 574 g/mol. The number of anilines is 1. The quantitative estimate of drug-likeness (QED) is 0.326. The Balaban J connectivity index is 1.50. The number of imide groups is 1. The molecule has 0 unspecified atom stereocenters. The third-order valence-corrected chi connectivity index (χ3v) is 6.65. The van der Waals surface area contributed by atoms with Crippen molar-refractivity contribution in [1.82, 2.24) is 4.90 Å². The predicted molar refractivity (Wildman–Crippen MR) is 138 cm³/mol. The Bertz CT molecular complexity index is 1350. The zero-order chi connectivity index (χ0) is 24.9. The summed E-state index contributed by atoms with van der Waals surface area (Å²) in [5.74, 6) is -1.14. The lowest BCUT2D eigenvalue weighted by molar-refractivity contribution is -0.127. The van der Waals surface area contributed by atoms with Gasteiger partial charge in [-0.3, -0.25) is 19.3 Å². The van der Waals surface area contributed by atoms with E-state index in [0.717, 1.165) is 21.1 Å². The second-order valence-electron chi connectivity index (χ2n) is 7.36. The molecule has 1 saturated heterocycles. The normalized spacial score (nSPS) is 14.5. The van der Waals surface area contributed by atoms with E-state index in [9.17, 15) is 18.8 Å². The number of para-hydroxylation sites is 1. The van der Waals surface area contributed by atoms with Gasteiger partial charge >= 0.3 is 0 Å². The molecular weight excluding hydrogens is 559 g/mol. The van der Waals surface area contributed by atoms with Gasteiger partial charge in [0.25, 0.3) is 11.1 Å². The first-order chi connectivity index (χ1) is 16.8. The van der Waals surface area contributed by atoms with E-state index >= 15 is 0 Å². The SMILES string of the molecule is O=C(CN1C(=O)S/C(=C/c2cc(Br)ccc2OCc2ccccc2F)C1=O)Nc1ccccc1Cl. The fourth-order valence-corrected chi connectivity index (χ4v) is 4.60. The molecule has 0 bridgehead atoms. The van der Waals surface area contributed by atoms with Crippen molar-refractivity contribution in [2.75, 3.05) is 11.9 Å². The van der Waals surface area contributed by atoms with Crippen LogP contribution < -0.4 is 10.1 Å². The van der Waals surface area contributed by atoms with E-state index in [4.69, 9.17) is 16.3 Å². The molecule has 3 amide bonds. The summed E-state index contributed by atoms with van der Waals surface area (Å²) in [5, 5.41) is 2.36. The maximum Gasteiger partial charge on any atom is 0.294 e. The number of carbonyl (C=O) groups excluding carboxylic acids is 3. The van der Waals surface area contributed by atoms with Gasteiger partial charge in [-0.1, -0.05) is 57.9 Å². The van der Waals surface area contributed by atoms with Gasteiger partial charge < -0.3 is 10.1 Å². The molecule has 10 heteroatoms. The molecular formula is C25H17BrClFN2O4S. The number of hydrogen-bond acceptors (Lipinski definition) is 5. The van der Waals surface area contributed by atoms with Gasteiger partial charge in [-0.25, -0.2) is 4.39 Å². The number of rotatable bonds is 7. The van der Waals surface area contributed by atoms with Crippen molar-refractivity contribution < 1.29 is 23.5 Å². The molecule has 1 N–H and O–H groups in total. The van der Waals surface area contributed by atoms with Crippen LogP contribution in [0.25, 0.3) is 6.08 Å². The van der Waals surface area contributed by atoms with Gasteiger partial charge in [0.1, 0.15) is 24.7 Å². The molecule has 178 valence electrons. The topological polar surface area (TPSA) is 75.7 Å². The number of halogens is 3. The van der Waals surface area contributed by atoms with E-state index in [1.165, 1.54) is 12.1 Å². The smallest absolute Gasteiger partial charge is 0.294 e. The van der Waals surface area contributed by atoms with Crippen molar-refractivity contribution in [1.29, 1.82) is 0 Å². The van der Waals surface area contributed by atoms with Gasteiger partial charge in [0, 0.05) is 15.6 Å². The number of ether oxygens (including phenoxy) is 1. The Hall–Kier alpha value is -3.14. The average molecular weight is 576 g/mol. The second-order valence-corrected chi connectivity index (χ2v) is 9.67. The fourth-order valence-electron chi connectivity index (χ4n) is 3.21. The lowest BCUT2D eigenvalue weighted by Crippen LogP contribution is -2.36. The maximum atomic E-state index is 14.0. The van der Waals surface area contributed by atoms with Crippen LogP contribution in [0, 0.1) is 5.82 Å². The highest BCUT2D eigenvalue weighted by atomic mass is 79.9. The third kappa shape index (κ3) is 6.11. The summed E-state index contributed by atoms with van der Waals surface area (Å²) in [6.45, 7) is -0.471. The van der Waals surface area contributed by atoms with Crippen molar-refractivity contribution in [2.24, 2.45) is 0 Å². The molecule has 1 aliphatic heterocycles. The fraction of sp³-hybridized carbons (Fsp3) is 0.0800. The number of nitrogens with zero attached hydrogens (tertiary/aromatic N) is 1. The lowest BCUT2D eigenvalue weighted by Gasteiger charge is -2.13. The van der Waals surface area contributed by atoms with Crippen molar-refractivity contribution >= 4 is 68.1 Å². The van der Waals surface area contributed by atoms with E-state index in [2.05, 4.69) is 21.2 Å². The van der Waals surface area contributed by atoms with Crippen molar-refractivity contribution in [3.05, 3.63) is 98.1 Å². The number of amides is 3. The molecule has 0 aliphatic carbocycles. The summed E-state index contributed by atoms with van der Waals surface area (Å²) in [4.78, 5) is 38.8. The summed E-state index contributed by atoms with van der Waals surface area (Å²) in [6, 6.07) is 18.1. The Morgan fingerprint density at radius 1 is 1.11 bits per heavy atom. The summed E-state index contributed by atoms with van der Waals surface area (Å²) < 4.78 is 20.5. The highest BCUT2D eigenvalue weighted by Gasteiger charge is 2.36. The number of benzene rings is 3. The summed E-state index contributed by atoms with van der Waals surface area (Å²) in [6.07, 6.45) is 1.51. The van der Waals surface area contributed by atoms with Gasteiger partial charge in [0.05, 0.1) is 15.6 Å². The highest BCUT2D eigenvalue weighted by Crippen LogP contribution is 2.35. The van der Waals surface area contributed by atoms with E-state index in [0.29, 0.717) is 27.6 Å². The first-order valence-electron chi connectivity index (χ1n) is 10.3. The molecule has 4 rings (SSSR count). The van der Waals surface area contributed by atoms with Gasteiger partial charge in [-0.05, 0) is 54.2 Å². The predicted octanol–water partition coefficient (Wildman–Crippen LogP) is 6.50. The Morgan fingerprint density at radius 2 is 1.86 bits per heavy atom. The number of carbonyl (C=O) groups is 3. The number of nitrogens with one attached hydrogen (secondary N) is 1. The largest absolute Gasteiger partial charge is 0.488 e. The molecule has 0 saturated carbocycles. The minimum Gasteiger partial charge on any atom is -0.488 e. The van der Waals surface area contributed by atoms with Crippen molar-refractivity contribution in [3.8, 4) is 5.75 Å². The minimum atomic E-state index is -0.602. The maximum absolute atomic E-state index is 14.0. The number of thioether (sulfide) groups is 1. The molecule has 1 fully saturated rings. The molecule has 0 spiro atoms. The van der Waals surface area contributed by atoms with E-state index in [1.807, 2.05) is 0 Å². The number of hydrogen-bond donors (Lipinski definition) is 1. The summed E-state index contributed by atoms with van der Waals surface area (Å²) in [5.41, 5.74) is 1.28. The van der Waals surface area contributed by atoms with Crippen LogP contribution in [0.1, 0.15) is 11.1 Å². The molecule has 35 heavy (non-hydrogen) atoms. The highest BCUT2D eigenvalue weighted by molar-refractivity contribution is 9.10. The van der Waals surface area contributed by atoms with E-state index < -0.39 is 23.6 Å². The molecule has 0 atom stereocenters. The van der Waals surface area contributed by atoms with Crippen LogP contribution in [-0.2, 0) is 16.2 Å². The van der Waals surface area contributed by atoms with Crippen LogP contribution in [-0.4, -0.2) is 28.5 Å². The van der Waals surface area contributed by atoms with Crippen LogP contribution in [0.15, 0.2) is 76.1 Å². The van der Waals surface area contributed by atoms with Gasteiger partial charge in [-0.2, -0.15) is 0 Å². The van der Waals surface area contributed by atoms with Gasteiger partial charge in [-0.15, -0.1) is 0 Å².